The zero-order valence-electron chi connectivity index (χ0n) is 11.0. The predicted molar refractivity (Wildman–Crippen MR) is 74.4 cm³/mol. The fourth-order valence-electron chi connectivity index (χ4n) is 1.96. The maximum atomic E-state index is 13.7. The molecule has 2 nitrogen and oxygen atoms in total. The minimum atomic E-state index is -0.351. The summed E-state index contributed by atoms with van der Waals surface area (Å²) in [6, 6.07) is 12.5. The van der Waals surface area contributed by atoms with Crippen LogP contribution in [0.15, 0.2) is 36.4 Å². The van der Waals surface area contributed by atoms with Crippen molar-refractivity contribution in [2.24, 2.45) is 0 Å². The number of nitrogens with zero attached hydrogens (tertiary/aromatic N) is 1. The molecule has 3 heteroatoms. The highest BCUT2D eigenvalue weighted by molar-refractivity contribution is 5.52. The first-order chi connectivity index (χ1) is 9.10. The van der Waals surface area contributed by atoms with E-state index in [1.54, 1.807) is 12.1 Å². The number of nitrogens with one attached hydrogen (secondary N) is 1. The van der Waals surface area contributed by atoms with Crippen LogP contribution in [0.4, 0.5) is 10.1 Å². The van der Waals surface area contributed by atoms with Gasteiger partial charge in [0.2, 0.25) is 0 Å². The maximum absolute atomic E-state index is 13.7. The molecule has 0 spiro atoms. The Balaban J connectivity index is 2.13. The molecule has 0 fully saturated rings. The first-order valence-electron chi connectivity index (χ1n) is 6.10. The Bertz CT molecular complexity index is 642. The molecule has 0 bridgehead atoms. The molecule has 2 aromatic rings. The summed E-state index contributed by atoms with van der Waals surface area (Å²) < 4.78 is 13.7. The van der Waals surface area contributed by atoms with Crippen molar-refractivity contribution in [2.45, 2.75) is 20.4 Å². The lowest BCUT2D eigenvalue weighted by Crippen LogP contribution is -2.03. The molecule has 0 saturated heterocycles. The summed E-state index contributed by atoms with van der Waals surface area (Å²) in [5.74, 6) is -0.351. The van der Waals surface area contributed by atoms with E-state index in [1.165, 1.54) is 11.6 Å². The largest absolute Gasteiger partial charge is 0.381 e. The molecule has 0 aliphatic rings. The molecule has 0 saturated carbocycles. The lowest BCUT2D eigenvalue weighted by atomic mass is 10.1. The third-order valence-corrected chi connectivity index (χ3v) is 3.03. The van der Waals surface area contributed by atoms with Gasteiger partial charge in [0.25, 0.3) is 0 Å². The highest BCUT2D eigenvalue weighted by atomic mass is 19.1. The van der Waals surface area contributed by atoms with Gasteiger partial charge in [0.1, 0.15) is 5.82 Å². The second-order valence-electron chi connectivity index (χ2n) is 4.59. The van der Waals surface area contributed by atoms with E-state index in [4.69, 9.17) is 5.26 Å². The van der Waals surface area contributed by atoms with Crippen LogP contribution in [0.5, 0.6) is 0 Å². The average Bonchev–Trinajstić information content (AvgIpc) is 2.39. The van der Waals surface area contributed by atoms with Gasteiger partial charge < -0.3 is 5.32 Å². The van der Waals surface area contributed by atoms with E-state index in [0.29, 0.717) is 17.7 Å². The van der Waals surface area contributed by atoms with Crippen molar-refractivity contribution in [2.75, 3.05) is 5.32 Å². The van der Waals surface area contributed by atoms with E-state index in [2.05, 4.69) is 11.4 Å². The third kappa shape index (κ3) is 3.11. The zero-order valence-corrected chi connectivity index (χ0v) is 11.0. The number of hydrogen-bond acceptors (Lipinski definition) is 2. The van der Waals surface area contributed by atoms with Crippen LogP contribution < -0.4 is 5.32 Å². The summed E-state index contributed by atoms with van der Waals surface area (Å²) >= 11 is 0. The van der Waals surface area contributed by atoms with E-state index in [-0.39, 0.29) is 5.82 Å². The molecule has 0 aliphatic carbocycles. The van der Waals surface area contributed by atoms with Gasteiger partial charge in [-0.05, 0) is 37.6 Å². The van der Waals surface area contributed by atoms with Crippen LogP contribution in [0.3, 0.4) is 0 Å². The van der Waals surface area contributed by atoms with Gasteiger partial charge in [-0.15, -0.1) is 0 Å². The molecule has 0 aromatic heterocycles. The first kappa shape index (κ1) is 13.1. The van der Waals surface area contributed by atoms with Crippen molar-refractivity contribution in [3.05, 3.63) is 64.5 Å². The van der Waals surface area contributed by atoms with Crippen LogP contribution in [-0.4, -0.2) is 0 Å². The van der Waals surface area contributed by atoms with E-state index in [0.717, 1.165) is 11.3 Å². The van der Waals surface area contributed by atoms with Crippen LogP contribution in [0.25, 0.3) is 0 Å². The highest BCUT2D eigenvalue weighted by Crippen LogP contribution is 2.18. The topological polar surface area (TPSA) is 35.8 Å². The summed E-state index contributed by atoms with van der Waals surface area (Å²) in [7, 11) is 0. The predicted octanol–water partition coefficient (Wildman–Crippen LogP) is 3.93. The number of aryl methyl sites for hydroxylation is 2. The summed E-state index contributed by atoms with van der Waals surface area (Å²) in [6.07, 6.45) is 0. The fraction of sp³-hybridized carbons (Fsp3) is 0.188. The van der Waals surface area contributed by atoms with E-state index in [1.807, 2.05) is 32.0 Å². The van der Waals surface area contributed by atoms with Gasteiger partial charge in [-0.25, -0.2) is 4.39 Å². The Morgan fingerprint density at radius 3 is 2.58 bits per heavy atom. The van der Waals surface area contributed by atoms with Crippen LogP contribution in [0, 0.1) is 31.0 Å². The molecule has 0 amide bonds. The lowest BCUT2D eigenvalue weighted by molar-refractivity contribution is 0.612. The van der Waals surface area contributed by atoms with Gasteiger partial charge >= 0.3 is 0 Å². The summed E-state index contributed by atoms with van der Waals surface area (Å²) in [5.41, 5.74) is 4.22. The number of benzene rings is 2. The zero-order chi connectivity index (χ0) is 13.8. The van der Waals surface area contributed by atoms with Crippen molar-refractivity contribution in [1.82, 2.24) is 0 Å². The second-order valence-corrected chi connectivity index (χ2v) is 4.59. The van der Waals surface area contributed by atoms with E-state index >= 15 is 0 Å². The Hall–Kier alpha value is -2.34. The van der Waals surface area contributed by atoms with Gasteiger partial charge in [0.05, 0.1) is 11.6 Å². The molecule has 0 aliphatic heterocycles. The molecule has 2 aromatic carbocycles. The molecule has 0 unspecified atom stereocenters. The molecule has 96 valence electrons. The van der Waals surface area contributed by atoms with Crippen LogP contribution in [-0.2, 0) is 6.54 Å². The summed E-state index contributed by atoms with van der Waals surface area (Å²) in [4.78, 5) is 0. The van der Waals surface area contributed by atoms with E-state index < -0.39 is 0 Å². The van der Waals surface area contributed by atoms with Crippen LogP contribution in [0.1, 0.15) is 22.3 Å². The average molecular weight is 254 g/mol. The van der Waals surface area contributed by atoms with Gasteiger partial charge in [-0.2, -0.15) is 5.26 Å². The van der Waals surface area contributed by atoms with E-state index in [9.17, 15) is 4.39 Å². The molecule has 0 heterocycles. The molecular formula is C16H15FN2. The number of rotatable bonds is 3. The Morgan fingerprint density at radius 1 is 1.16 bits per heavy atom. The smallest absolute Gasteiger partial charge is 0.129 e. The number of anilines is 1. The van der Waals surface area contributed by atoms with Crippen molar-refractivity contribution in [1.29, 1.82) is 5.26 Å². The highest BCUT2D eigenvalue weighted by Gasteiger charge is 2.04. The van der Waals surface area contributed by atoms with Gasteiger partial charge in [-0.3, -0.25) is 0 Å². The first-order valence-corrected chi connectivity index (χ1v) is 6.10. The summed E-state index contributed by atoms with van der Waals surface area (Å²) in [6.45, 7) is 4.46. The van der Waals surface area contributed by atoms with Crippen molar-refractivity contribution < 1.29 is 4.39 Å². The fourth-order valence-corrected chi connectivity index (χ4v) is 1.96. The van der Waals surface area contributed by atoms with Crippen LogP contribution >= 0.6 is 0 Å². The van der Waals surface area contributed by atoms with Crippen molar-refractivity contribution in [3.8, 4) is 6.07 Å². The molecule has 0 radical (unpaired) electrons. The number of hydrogen-bond donors (Lipinski definition) is 1. The van der Waals surface area contributed by atoms with Gasteiger partial charge in [-0.1, -0.05) is 23.8 Å². The molecule has 1 N–H and O–H groups in total. The third-order valence-electron chi connectivity index (χ3n) is 3.03. The van der Waals surface area contributed by atoms with Crippen LogP contribution in [0.2, 0.25) is 0 Å². The molecule has 0 atom stereocenters. The Morgan fingerprint density at radius 2 is 1.95 bits per heavy atom. The molecule has 19 heavy (non-hydrogen) atoms. The van der Waals surface area contributed by atoms with Gasteiger partial charge in [0, 0.05) is 17.8 Å². The Labute approximate surface area is 112 Å². The second kappa shape index (κ2) is 5.53. The van der Waals surface area contributed by atoms with Crippen molar-refractivity contribution in [3.63, 3.8) is 0 Å². The minimum absolute atomic E-state index is 0.341. The quantitative estimate of drug-likeness (QED) is 0.900. The minimum Gasteiger partial charge on any atom is -0.381 e. The SMILES string of the molecule is Cc1ccc(NCc2ccc(C#N)cc2F)c(C)c1. The molecular weight excluding hydrogens is 239 g/mol. The number of halogens is 1. The van der Waals surface area contributed by atoms with Crippen molar-refractivity contribution >= 4 is 5.69 Å². The standard InChI is InChI=1S/C16H15FN2/c1-11-3-6-16(12(2)7-11)19-10-14-5-4-13(9-18)8-15(14)17/h3-8,19H,10H2,1-2H3. The van der Waals surface area contributed by atoms with Gasteiger partial charge in [0.15, 0.2) is 0 Å². The maximum Gasteiger partial charge on any atom is 0.129 e. The Kier molecular flexibility index (Phi) is 3.82. The summed E-state index contributed by atoms with van der Waals surface area (Å²) in [5, 5.41) is 11.9. The lowest BCUT2D eigenvalue weighted by Gasteiger charge is -2.11. The number of nitriles is 1. The molecule has 2 rings (SSSR count). The monoisotopic (exact) mass is 254 g/mol. The normalized spacial score (nSPS) is 10.0.